The van der Waals surface area contributed by atoms with Crippen LogP contribution in [0.4, 0.5) is 5.13 Å². The Labute approximate surface area is 162 Å². The largest absolute Gasteiger partial charge is 0.486 e. The maximum Gasteiger partial charge on any atom is 0.270 e. The summed E-state index contributed by atoms with van der Waals surface area (Å²) in [5.41, 5.74) is 1.73. The fraction of sp³-hybridized carbons (Fsp3) is 0.474. The molecule has 1 atom stereocenters. The van der Waals surface area contributed by atoms with Crippen LogP contribution in [0.2, 0.25) is 0 Å². The first-order valence-corrected chi connectivity index (χ1v) is 10.1. The Balaban J connectivity index is 1.38. The van der Waals surface area contributed by atoms with Gasteiger partial charge in [-0.1, -0.05) is 6.07 Å². The minimum absolute atomic E-state index is 0.136. The molecule has 0 bridgehead atoms. The lowest BCUT2D eigenvalue weighted by molar-refractivity contribution is 0.0959. The third kappa shape index (κ3) is 3.72. The zero-order valence-electron chi connectivity index (χ0n) is 15.6. The Hall–Kier alpha value is -2.32. The summed E-state index contributed by atoms with van der Waals surface area (Å²) in [5.74, 6) is 1.54. The van der Waals surface area contributed by atoms with Gasteiger partial charge in [-0.15, -0.1) is 11.3 Å². The standard InChI is InChI=1S/C19H24N4O3S/c1-13(14-3-4-16-17(11-14)26-10-9-25-16)22-5-7-23(8-6-22)19-21-15(12-27-19)18(24)20-2/h3-4,11-13H,5-10H2,1-2H3,(H,20,24). The van der Waals surface area contributed by atoms with Crippen molar-refractivity contribution in [3.63, 3.8) is 0 Å². The van der Waals surface area contributed by atoms with Crippen LogP contribution in [-0.4, -0.2) is 62.2 Å². The topological polar surface area (TPSA) is 66.9 Å². The van der Waals surface area contributed by atoms with Gasteiger partial charge in [0, 0.05) is 44.6 Å². The predicted molar refractivity (Wildman–Crippen MR) is 105 cm³/mol. The average Bonchev–Trinajstić information content (AvgIpc) is 3.22. The highest BCUT2D eigenvalue weighted by Gasteiger charge is 2.25. The molecule has 1 saturated heterocycles. The summed E-state index contributed by atoms with van der Waals surface area (Å²) in [5, 5.41) is 5.35. The lowest BCUT2D eigenvalue weighted by Crippen LogP contribution is -2.47. The Bertz CT molecular complexity index is 817. The van der Waals surface area contributed by atoms with Crippen LogP contribution in [0, 0.1) is 0 Å². The molecule has 27 heavy (non-hydrogen) atoms. The fourth-order valence-corrected chi connectivity index (χ4v) is 4.33. The number of thiazole rings is 1. The van der Waals surface area contributed by atoms with Crippen LogP contribution in [0.25, 0.3) is 0 Å². The van der Waals surface area contributed by atoms with Gasteiger partial charge in [-0.2, -0.15) is 0 Å². The molecule has 1 aromatic carbocycles. The molecule has 1 unspecified atom stereocenters. The van der Waals surface area contributed by atoms with E-state index in [1.165, 1.54) is 16.9 Å². The first kappa shape index (κ1) is 18.1. The number of nitrogens with zero attached hydrogens (tertiary/aromatic N) is 3. The molecule has 7 nitrogen and oxygen atoms in total. The summed E-state index contributed by atoms with van der Waals surface area (Å²) in [7, 11) is 1.62. The van der Waals surface area contributed by atoms with Gasteiger partial charge in [0.15, 0.2) is 16.6 Å². The van der Waals surface area contributed by atoms with E-state index in [1.807, 2.05) is 11.4 Å². The number of piperazine rings is 1. The minimum atomic E-state index is -0.136. The molecule has 3 heterocycles. The van der Waals surface area contributed by atoms with E-state index in [1.54, 1.807) is 7.05 Å². The molecule has 1 fully saturated rings. The van der Waals surface area contributed by atoms with Crippen LogP contribution >= 0.6 is 11.3 Å². The molecule has 1 amide bonds. The number of nitrogens with one attached hydrogen (secondary N) is 1. The van der Waals surface area contributed by atoms with Gasteiger partial charge in [-0.25, -0.2) is 4.98 Å². The predicted octanol–water partition coefficient (Wildman–Crippen LogP) is 2.16. The monoisotopic (exact) mass is 388 g/mol. The minimum Gasteiger partial charge on any atom is -0.486 e. The van der Waals surface area contributed by atoms with E-state index in [4.69, 9.17) is 9.47 Å². The summed E-state index contributed by atoms with van der Waals surface area (Å²) in [6.45, 7) is 7.14. The molecule has 0 saturated carbocycles. The van der Waals surface area contributed by atoms with E-state index < -0.39 is 0 Å². The molecule has 2 aliphatic heterocycles. The number of benzene rings is 1. The second kappa shape index (κ2) is 7.74. The van der Waals surface area contributed by atoms with Gasteiger partial charge in [0.2, 0.25) is 0 Å². The number of hydrogen-bond acceptors (Lipinski definition) is 7. The molecule has 2 aromatic rings. The lowest BCUT2D eigenvalue weighted by Gasteiger charge is -2.38. The van der Waals surface area contributed by atoms with Gasteiger partial charge in [0.1, 0.15) is 18.9 Å². The Kier molecular flexibility index (Phi) is 5.18. The summed E-state index contributed by atoms with van der Waals surface area (Å²) >= 11 is 1.53. The first-order valence-electron chi connectivity index (χ1n) is 9.22. The van der Waals surface area contributed by atoms with Crippen LogP contribution in [0.1, 0.15) is 29.0 Å². The van der Waals surface area contributed by atoms with Gasteiger partial charge in [0.25, 0.3) is 5.91 Å². The molecule has 8 heteroatoms. The fourth-order valence-electron chi connectivity index (χ4n) is 3.47. The number of aromatic nitrogens is 1. The third-order valence-electron chi connectivity index (χ3n) is 5.13. The third-order valence-corrected chi connectivity index (χ3v) is 6.03. The highest BCUT2D eigenvalue weighted by atomic mass is 32.1. The Morgan fingerprint density at radius 3 is 2.67 bits per heavy atom. The number of rotatable bonds is 4. The Morgan fingerprint density at radius 2 is 1.93 bits per heavy atom. The number of carbonyl (C=O) groups is 1. The summed E-state index contributed by atoms with van der Waals surface area (Å²) < 4.78 is 11.3. The van der Waals surface area contributed by atoms with Crippen molar-refractivity contribution < 1.29 is 14.3 Å². The summed E-state index contributed by atoms with van der Waals surface area (Å²) in [6, 6.07) is 6.54. The van der Waals surface area contributed by atoms with Crippen molar-refractivity contribution in [1.29, 1.82) is 0 Å². The molecule has 1 N–H and O–H groups in total. The van der Waals surface area contributed by atoms with Gasteiger partial charge in [-0.3, -0.25) is 9.69 Å². The van der Waals surface area contributed by atoms with E-state index >= 15 is 0 Å². The molecular formula is C19H24N4O3S. The van der Waals surface area contributed by atoms with E-state index in [0.717, 1.165) is 42.8 Å². The first-order chi connectivity index (χ1) is 13.2. The second-order valence-electron chi connectivity index (χ2n) is 6.70. The van der Waals surface area contributed by atoms with E-state index in [-0.39, 0.29) is 5.91 Å². The molecule has 144 valence electrons. The normalized spacial score (nSPS) is 18.2. The molecule has 4 rings (SSSR count). The Morgan fingerprint density at radius 1 is 1.19 bits per heavy atom. The zero-order valence-corrected chi connectivity index (χ0v) is 16.4. The maximum atomic E-state index is 11.7. The van der Waals surface area contributed by atoms with Crippen molar-refractivity contribution in [3.05, 3.63) is 34.8 Å². The van der Waals surface area contributed by atoms with Crippen molar-refractivity contribution in [2.24, 2.45) is 0 Å². The number of fused-ring (bicyclic) bond motifs is 1. The average molecular weight is 388 g/mol. The highest BCUT2D eigenvalue weighted by Crippen LogP contribution is 2.34. The molecular weight excluding hydrogens is 364 g/mol. The van der Waals surface area contributed by atoms with Crippen molar-refractivity contribution >= 4 is 22.4 Å². The van der Waals surface area contributed by atoms with Gasteiger partial charge in [0.05, 0.1) is 0 Å². The molecule has 0 spiro atoms. The molecule has 0 aliphatic carbocycles. The van der Waals surface area contributed by atoms with Crippen LogP contribution in [0.15, 0.2) is 23.6 Å². The van der Waals surface area contributed by atoms with Crippen molar-refractivity contribution in [3.8, 4) is 11.5 Å². The van der Waals surface area contributed by atoms with Crippen LogP contribution in [0.5, 0.6) is 11.5 Å². The number of amides is 1. The molecule has 1 aromatic heterocycles. The zero-order chi connectivity index (χ0) is 18.8. The van der Waals surface area contributed by atoms with Crippen molar-refractivity contribution in [2.45, 2.75) is 13.0 Å². The van der Waals surface area contributed by atoms with Crippen LogP contribution in [0.3, 0.4) is 0 Å². The highest BCUT2D eigenvalue weighted by molar-refractivity contribution is 7.13. The van der Waals surface area contributed by atoms with Crippen LogP contribution in [-0.2, 0) is 0 Å². The summed E-state index contributed by atoms with van der Waals surface area (Å²) in [4.78, 5) is 20.9. The quantitative estimate of drug-likeness (QED) is 0.866. The molecule has 2 aliphatic rings. The SMILES string of the molecule is CNC(=O)c1csc(N2CCN(C(C)c3ccc4c(c3)OCCO4)CC2)n1. The van der Waals surface area contributed by atoms with Crippen molar-refractivity contribution in [1.82, 2.24) is 15.2 Å². The van der Waals surface area contributed by atoms with Crippen molar-refractivity contribution in [2.75, 3.05) is 51.3 Å². The van der Waals surface area contributed by atoms with E-state index in [2.05, 4.69) is 39.2 Å². The van der Waals surface area contributed by atoms with Crippen LogP contribution < -0.4 is 19.7 Å². The number of carbonyl (C=O) groups excluding carboxylic acids is 1. The molecule has 0 radical (unpaired) electrons. The number of anilines is 1. The number of hydrogen-bond donors (Lipinski definition) is 1. The smallest absolute Gasteiger partial charge is 0.270 e. The maximum absolute atomic E-state index is 11.7. The van der Waals surface area contributed by atoms with Gasteiger partial charge in [-0.05, 0) is 24.6 Å². The number of ether oxygens (including phenoxy) is 2. The summed E-state index contributed by atoms with van der Waals surface area (Å²) in [6.07, 6.45) is 0. The van der Waals surface area contributed by atoms with E-state index in [0.29, 0.717) is 24.9 Å². The van der Waals surface area contributed by atoms with Gasteiger partial charge < -0.3 is 19.7 Å². The lowest BCUT2D eigenvalue weighted by atomic mass is 10.1. The van der Waals surface area contributed by atoms with Gasteiger partial charge >= 0.3 is 0 Å². The second-order valence-corrected chi connectivity index (χ2v) is 7.53. The van der Waals surface area contributed by atoms with E-state index in [9.17, 15) is 4.79 Å².